The molecule has 1 aliphatic carbocycles. The fraction of sp³-hybridized carbons (Fsp3) is 0.429. The van der Waals surface area contributed by atoms with Gasteiger partial charge in [0.15, 0.2) is 0 Å². The van der Waals surface area contributed by atoms with Crippen LogP contribution in [-0.2, 0) is 9.59 Å². The summed E-state index contributed by atoms with van der Waals surface area (Å²) in [4.78, 5) is 23.4. The smallest absolute Gasteiger partial charge is 0.310 e. The third-order valence-corrected chi connectivity index (χ3v) is 4.05. The standard InChI is InChI=1S/C14H15ClFNO3/c15-10-4-3-9(16)7-11(10)17-12(18)8-14(13(19)20)5-1-2-6-14/h3-4,7H,1-2,5-6,8H2,(H,17,18)(H,19,20). The molecule has 108 valence electrons. The molecule has 0 bridgehead atoms. The fourth-order valence-electron chi connectivity index (χ4n) is 2.61. The Balaban J connectivity index is 2.08. The molecule has 0 aromatic heterocycles. The number of hydrogen-bond donors (Lipinski definition) is 2. The lowest BCUT2D eigenvalue weighted by atomic mass is 9.82. The Bertz CT molecular complexity index is 541. The highest BCUT2D eigenvalue weighted by atomic mass is 35.5. The van der Waals surface area contributed by atoms with Crippen LogP contribution < -0.4 is 5.32 Å². The highest BCUT2D eigenvalue weighted by molar-refractivity contribution is 6.33. The van der Waals surface area contributed by atoms with Gasteiger partial charge in [0.05, 0.1) is 16.1 Å². The molecule has 20 heavy (non-hydrogen) atoms. The van der Waals surface area contributed by atoms with Crippen LogP contribution in [0.5, 0.6) is 0 Å². The van der Waals surface area contributed by atoms with Crippen molar-refractivity contribution in [2.24, 2.45) is 5.41 Å². The molecular formula is C14H15ClFNO3. The lowest BCUT2D eigenvalue weighted by Gasteiger charge is -2.23. The molecule has 2 rings (SSSR count). The maximum absolute atomic E-state index is 13.1. The number of rotatable bonds is 4. The van der Waals surface area contributed by atoms with E-state index in [1.165, 1.54) is 12.1 Å². The van der Waals surface area contributed by atoms with Gasteiger partial charge in [-0.2, -0.15) is 0 Å². The summed E-state index contributed by atoms with van der Waals surface area (Å²) in [5.74, 6) is -1.92. The molecule has 2 N–H and O–H groups in total. The third-order valence-electron chi connectivity index (χ3n) is 3.72. The second kappa shape index (κ2) is 5.79. The first-order valence-corrected chi connectivity index (χ1v) is 6.79. The van der Waals surface area contributed by atoms with E-state index in [1.807, 2.05) is 0 Å². The molecule has 0 heterocycles. The Morgan fingerprint density at radius 3 is 2.60 bits per heavy atom. The Hall–Kier alpha value is -1.62. The Morgan fingerprint density at radius 1 is 1.35 bits per heavy atom. The average molecular weight is 300 g/mol. The SMILES string of the molecule is O=C(CC1(C(=O)O)CCCC1)Nc1cc(F)ccc1Cl. The van der Waals surface area contributed by atoms with Crippen molar-refractivity contribution in [1.82, 2.24) is 0 Å². The number of carbonyl (C=O) groups is 2. The average Bonchev–Trinajstić information content (AvgIpc) is 2.83. The molecule has 0 saturated heterocycles. The molecule has 0 aliphatic heterocycles. The number of carbonyl (C=O) groups excluding carboxylic acids is 1. The number of amides is 1. The Labute approximate surface area is 120 Å². The van der Waals surface area contributed by atoms with Crippen LogP contribution in [0.25, 0.3) is 0 Å². The molecule has 0 unspecified atom stereocenters. The Morgan fingerprint density at radius 2 is 2.00 bits per heavy atom. The van der Waals surface area contributed by atoms with E-state index < -0.39 is 23.1 Å². The van der Waals surface area contributed by atoms with Crippen molar-refractivity contribution in [3.63, 3.8) is 0 Å². The largest absolute Gasteiger partial charge is 0.481 e. The highest BCUT2D eigenvalue weighted by Crippen LogP contribution is 2.41. The van der Waals surface area contributed by atoms with Gasteiger partial charge in [0.25, 0.3) is 0 Å². The van der Waals surface area contributed by atoms with E-state index >= 15 is 0 Å². The molecule has 1 aliphatic rings. The van der Waals surface area contributed by atoms with Crippen LogP contribution in [0.4, 0.5) is 10.1 Å². The van der Waals surface area contributed by atoms with Gasteiger partial charge in [0.1, 0.15) is 5.82 Å². The van der Waals surface area contributed by atoms with Gasteiger partial charge in [0, 0.05) is 6.42 Å². The highest BCUT2D eigenvalue weighted by Gasteiger charge is 2.43. The van der Waals surface area contributed by atoms with E-state index in [4.69, 9.17) is 11.6 Å². The van der Waals surface area contributed by atoms with Crippen LogP contribution in [0.1, 0.15) is 32.1 Å². The topological polar surface area (TPSA) is 66.4 Å². The maximum atomic E-state index is 13.1. The van der Waals surface area contributed by atoms with Gasteiger partial charge >= 0.3 is 5.97 Å². The molecule has 0 spiro atoms. The summed E-state index contributed by atoms with van der Waals surface area (Å²) in [6.07, 6.45) is 2.48. The van der Waals surface area contributed by atoms with E-state index in [1.54, 1.807) is 0 Å². The van der Waals surface area contributed by atoms with E-state index in [9.17, 15) is 19.1 Å². The van der Waals surface area contributed by atoms with Gasteiger partial charge in [-0.1, -0.05) is 24.4 Å². The monoisotopic (exact) mass is 299 g/mol. The number of nitrogens with one attached hydrogen (secondary N) is 1. The van der Waals surface area contributed by atoms with Crippen LogP contribution in [-0.4, -0.2) is 17.0 Å². The summed E-state index contributed by atoms with van der Waals surface area (Å²) in [5.41, 5.74) is -0.834. The van der Waals surface area contributed by atoms with Crippen molar-refractivity contribution < 1.29 is 19.1 Å². The lowest BCUT2D eigenvalue weighted by Crippen LogP contribution is -2.32. The van der Waals surface area contributed by atoms with Crippen molar-refractivity contribution in [2.75, 3.05) is 5.32 Å². The zero-order valence-electron chi connectivity index (χ0n) is 10.8. The summed E-state index contributed by atoms with van der Waals surface area (Å²) in [6, 6.07) is 3.64. The first kappa shape index (κ1) is 14.8. The minimum atomic E-state index is -0.996. The third kappa shape index (κ3) is 3.10. The van der Waals surface area contributed by atoms with Crippen LogP contribution in [0.2, 0.25) is 5.02 Å². The zero-order chi connectivity index (χ0) is 14.8. The second-order valence-corrected chi connectivity index (χ2v) is 5.55. The fourth-order valence-corrected chi connectivity index (χ4v) is 2.78. The van der Waals surface area contributed by atoms with Crippen LogP contribution in [0, 0.1) is 11.2 Å². The zero-order valence-corrected chi connectivity index (χ0v) is 11.5. The minimum absolute atomic E-state index is 0.116. The van der Waals surface area contributed by atoms with Crippen molar-refractivity contribution in [3.05, 3.63) is 29.0 Å². The number of anilines is 1. The molecular weight excluding hydrogens is 285 g/mol. The maximum Gasteiger partial charge on any atom is 0.310 e. The molecule has 0 atom stereocenters. The van der Waals surface area contributed by atoms with Crippen LogP contribution in [0.15, 0.2) is 18.2 Å². The van der Waals surface area contributed by atoms with Gasteiger partial charge in [-0.05, 0) is 31.0 Å². The van der Waals surface area contributed by atoms with E-state index in [2.05, 4.69) is 5.32 Å². The molecule has 1 aromatic carbocycles. The van der Waals surface area contributed by atoms with E-state index in [-0.39, 0.29) is 17.1 Å². The molecule has 4 nitrogen and oxygen atoms in total. The number of benzene rings is 1. The molecule has 1 aromatic rings. The first-order chi connectivity index (χ1) is 9.43. The molecule has 1 saturated carbocycles. The molecule has 0 radical (unpaired) electrons. The summed E-state index contributed by atoms with van der Waals surface area (Å²) in [6.45, 7) is 0. The van der Waals surface area contributed by atoms with Crippen molar-refractivity contribution in [1.29, 1.82) is 0 Å². The molecule has 6 heteroatoms. The van der Waals surface area contributed by atoms with E-state index in [0.29, 0.717) is 12.8 Å². The molecule has 1 amide bonds. The number of carboxylic acid groups (broad SMARTS) is 1. The molecule has 1 fully saturated rings. The van der Waals surface area contributed by atoms with Gasteiger partial charge in [-0.3, -0.25) is 9.59 Å². The van der Waals surface area contributed by atoms with Gasteiger partial charge in [0.2, 0.25) is 5.91 Å². The van der Waals surface area contributed by atoms with Gasteiger partial charge < -0.3 is 10.4 Å². The lowest BCUT2D eigenvalue weighted by molar-refractivity contribution is -0.150. The van der Waals surface area contributed by atoms with Crippen molar-refractivity contribution in [3.8, 4) is 0 Å². The van der Waals surface area contributed by atoms with Gasteiger partial charge in [-0.25, -0.2) is 4.39 Å². The number of halogens is 2. The second-order valence-electron chi connectivity index (χ2n) is 5.14. The van der Waals surface area contributed by atoms with Crippen molar-refractivity contribution >= 4 is 29.2 Å². The van der Waals surface area contributed by atoms with Crippen LogP contribution >= 0.6 is 11.6 Å². The quantitative estimate of drug-likeness (QED) is 0.895. The van der Waals surface area contributed by atoms with Gasteiger partial charge in [-0.15, -0.1) is 0 Å². The summed E-state index contributed by atoms with van der Waals surface area (Å²) in [7, 11) is 0. The Kier molecular flexibility index (Phi) is 4.28. The van der Waals surface area contributed by atoms with E-state index in [0.717, 1.165) is 18.9 Å². The predicted octanol–water partition coefficient (Wildman–Crippen LogP) is 3.45. The number of hydrogen-bond acceptors (Lipinski definition) is 2. The summed E-state index contributed by atoms with van der Waals surface area (Å²) < 4.78 is 13.1. The predicted molar refractivity (Wildman–Crippen MR) is 73.2 cm³/mol. The normalized spacial score (nSPS) is 16.9. The summed E-state index contributed by atoms with van der Waals surface area (Å²) >= 11 is 5.86. The van der Waals surface area contributed by atoms with Crippen LogP contribution in [0.3, 0.4) is 0 Å². The summed E-state index contributed by atoms with van der Waals surface area (Å²) in [5, 5.41) is 12.0. The first-order valence-electron chi connectivity index (χ1n) is 6.41. The van der Waals surface area contributed by atoms with Crippen molar-refractivity contribution in [2.45, 2.75) is 32.1 Å². The number of aliphatic carboxylic acids is 1. The number of carboxylic acids is 1. The minimum Gasteiger partial charge on any atom is -0.481 e.